The molecule has 1 unspecified atom stereocenters. The lowest BCUT2D eigenvalue weighted by Gasteiger charge is -2.24. The van der Waals surface area contributed by atoms with Gasteiger partial charge in [0.15, 0.2) is 0 Å². The summed E-state index contributed by atoms with van der Waals surface area (Å²) in [4.78, 5) is 19.8. The summed E-state index contributed by atoms with van der Waals surface area (Å²) in [6, 6.07) is 10.7. The van der Waals surface area contributed by atoms with Gasteiger partial charge in [0, 0.05) is 16.8 Å². The van der Waals surface area contributed by atoms with Gasteiger partial charge in [-0.25, -0.2) is 4.57 Å². The van der Waals surface area contributed by atoms with Crippen LogP contribution < -0.4 is 5.73 Å². The lowest BCUT2D eigenvalue weighted by atomic mass is 9.98. The van der Waals surface area contributed by atoms with Crippen molar-refractivity contribution in [1.29, 1.82) is 0 Å². The van der Waals surface area contributed by atoms with Crippen LogP contribution in [0.25, 0.3) is 0 Å². The summed E-state index contributed by atoms with van der Waals surface area (Å²) in [6.07, 6.45) is 4.23. The van der Waals surface area contributed by atoms with Crippen molar-refractivity contribution in [3.63, 3.8) is 0 Å². The Hall–Kier alpha value is -1.45. The predicted molar refractivity (Wildman–Crippen MR) is 119 cm³/mol. The zero-order valence-corrected chi connectivity index (χ0v) is 19.0. The number of aryl methyl sites for hydroxylation is 4. The highest BCUT2D eigenvalue weighted by molar-refractivity contribution is 7.46. The van der Waals surface area contributed by atoms with Gasteiger partial charge in [0.05, 0.1) is 11.5 Å². The highest BCUT2D eigenvalue weighted by Crippen LogP contribution is 2.37. The molecule has 1 aromatic carbocycles. The number of phosphoric acid groups is 1. The minimum absolute atomic E-state index is 0.185. The van der Waals surface area contributed by atoms with Crippen LogP contribution in [0.4, 0.5) is 0 Å². The monoisotopic (exact) mass is 435 g/mol. The molecule has 1 heterocycles. The van der Waals surface area contributed by atoms with Gasteiger partial charge in [-0.1, -0.05) is 41.2 Å². The van der Waals surface area contributed by atoms with Crippen LogP contribution in [0.3, 0.4) is 0 Å². The average Bonchev–Trinajstić information content (AvgIpc) is 3.05. The van der Waals surface area contributed by atoms with Gasteiger partial charge in [0.2, 0.25) is 0 Å². The summed E-state index contributed by atoms with van der Waals surface area (Å²) < 4.78 is 15.3. The van der Waals surface area contributed by atoms with Crippen molar-refractivity contribution >= 4 is 19.2 Å². The van der Waals surface area contributed by atoms with E-state index in [0.29, 0.717) is 6.42 Å². The van der Waals surface area contributed by atoms with Crippen molar-refractivity contribution in [3.8, 4) is 11.8 Å². The first-order valence-corrected chi connectivity index (χ1v) is 12.0. The lowest BCUT2D eigenvalue weighted by Crippen LogP contribution is -2.41. The smallest absolute Gasteiger partial charge is 0.323 e. The maximum atomic E-state index is 10.8. The zero-order valence-electron chi connectivity index (χ0n) is 17.3. The van der Waals surface area contributed by atoms with Crippen LogP contribution >= 0.6 is 19.2 Å². The van der Waals surface area contributed by atoms with E-state index in [4.69, 9.17) is 15.5 Å². The van der Waals surface area contributed by atoms with Crippen LogP contribution in [0.2, 0.25) is 0 Å². The fourth-order valence-electron chi connectivity index (χ4n) is 3.04. The average molecular weight is 436 g/mol. The first-order valence-electron chi connectivity index (χ1n) is 9.66. The standard InChI is InChI=1S/C22H30NO4PS/c1-17-13-18(2)15-19(14-17)7-5-4-6-8-20-9-10-21(29-20)11-12-22(3,23)16-27-28(24,25)26/h9-10,13-15H,4-5,7,11-12,16,23H2,1-3H3,(H2,24,25,26). The molecule has 2 rings (SSSR count). The molecule has 0 radical (unpaired) electrons. The maximum absolute atomic E-state index is 10.8. The second kappa shape index (κ2) is 10.5. The molecule has 7 heteroatoms. The summed E-state index contributed by atoms with van der Waals surface area (Å²) in [5, 5.41) is 0. The van der Waals surface area contributed by atoms with Crippen molar-refractivity contribution in [2.75, 3.05) is 6.61 Å². The number of unbranched alkanes of at least 4 members (excludes halogenated alkanes) is 1. The molecule has 0 aliphatic carbocycles. The molecule has 5 nitrogen and oxygen atoms in total. The van der Waals surface area contributed by atoms with Gasteiger partial charge in [0.25, 0.3) is 0 Å². The van der Waals surface area contributed by atoms with Crippen molar-refractivity contribution in [3.05, 3.63) is 56.8 Å². The predicted octanol–water partition coefficient (Wildman–Crippen LogP) is 4.50. The number of thiophene rings is 1. The third kappa shape index (κ3) is 9.73. The van der Waals surface area contributed by atoms with Crippen LogP contribution in [0.15, 0.2) is 30.3 Å². The summed E-state index contributed by atoms with van der Waals surface area (Å²) in [5.41, 5.74) is 9.25. The Morgan fingerprint density at radius 2 is 1.86 bits per heavy atom. The van der Waals surface area contributed by atoms with Crippen LogP contribution in [0.5, 0.6) is 0 Å². The topological polar surface area (TPSA) is 92.8 Å². The van der Waals surface area contributed by atoms with Gasteiger partial charge in [-0.2, -0.15) is 0 Å². The normalized spacial score (nSPS) is 13.6. The largest absolute Gasteiger partial charge is 0.469 e. The van der Waals surface area contributed by atoms with Crippen molar-refractivity contribution in [1.82, 2.24) is 0 Å². The molecule has 0 aliphatic rings. The van der Waals surface area contributed by atoms with Crippen LogP contribution in [0.1, 0.15) is 52.6 Å². The number of nitrogens with two attached hydrogens (primary N) is 1. The third-order valence-electron chi connectivity index (χ3n) is 4.43. The molecule has 0 fully saturated rings. The van der Waals surface area contributed by atoms with E-state index in [1.807, 2.05) is 12.1 Å². The molecule has 0 aliphatic heterocycles. The Morgan fingerprint density at radius 3 is 2.52 bits per heavy atom. The minimum atomic E-state index is -4.49. The first-order chi connectivity index (χ1) is 13.5. The molecule has 2 aromatic rings. The number of hydrogen-bond acceptors (Lipinski definition) is 4. The molecular weight excluding hydrogens is 405 g/mol. The molecule has 0 spiro atoms. The van der Waals surface area contributed by atoms with Crippen molar-refractivity contribution < 1.29 is 18.9 Å². The highest BCUT2D eigenvalue weighted by atomic mass is 32.1. The minimum Gasteiger partial charge on any atom is -0.323 e. The molecule has 0 bridgehead atoms. The second-order valence-corrected chi connectivity index (χ2v) is 10.2. The number of hydrogen-bond donors (Lipinski definition) is 3. The Kier molecular flexibility index (Phi) is 8.66. The molecule has 0 amide bonds. The molecular formula is C22H30NO4PS. The fraction of sp³-hybridized carbons (Fsp3) is 0.455. The van der Waals surface area contributed by atoms with E-state index in [1.54, 1.807) is 18.3 Å². The molecule has 4 N–H and O–H groups in total. The summed E-state index contributed by atoms with van der Waals surface area (Å²) >= 11 is 1.63. The molecule has 158 valence electrons. The fourth-order valence-corrected chi connectivity index (χ4v) is 4.38. The lowest BCUT2D eigenvalue weighted by molar-refractivity contribution is 0.154. The van der Waals surface area contributed by atoms with Crippen molar-refractivity contribution in [2.24, 2.45) is 5.73 Å². The number of benzene rings is 1. The molecule has 1 atom stereocenters. The van der Waals surface area contributed by atoms with E-state index in [1.165, 1.54) is 16.7 Å². The Morgan fingerprint density at radius 1 is 1.17 bits per heavy atom. The highest BCUT2D eigenvalue weighted by Gasteiger charge is 2.24. The van der Waals surface area contributed by atoms with Gasteiger partial charge in [-0.05, 0) is 64.2 Å². The molecule has 0 saturated heterocycles. The van der Waals surface area contributed by atoms with E-state index < -0.39 is 13.4 Å². The Labute approximate surface area is 177 Å². The molecule has 0 saturated carbocycles. The Balaban J connectivity index is 1.76. The summed E-state index contributed by atoms with van der Waals surface area (Å²) in [7, 11) is -4.49. The molecule has 1 aromatic heterocycles. The second-order valence-electron chi connectivity index (χ2n) is 7.84. The summed E-state index contributed by atoms with van der Waals surface area (Å²) in [5.74, 6) is 6.48. The van der Waals surface area contributed by atoms with E-state index in [2.05, 4.69) is 48.4 Å². The van der Waals surface area contributed by atoms with E-state index >= 15 is 0 Å². The van der Waals surface area contributed by atoms with Crippen LogP contribution in [-0.4, -0.2) is 21.9 Å². The molecule has 29 heavy (non-hydrogen) atoms. The maximum Gasteiger partial charge on any atom is 0.469 e. The quantitative estimate of drug-likeness (QED) is 0.306. The van der Waals surface area contributed by atoms with E-state index in [-0.39, 0.29) is 6.61 Å². The van der Waals surface area contributed by atoms with Gasteiger partial charge >= 0.3 is 7.82 Å². The van der Waals surface area contributed by atoms with Gasteiger partial charge in [-0.15, -0.1) is 11.3 Å². The Bertz CT molecular complexity index is 900. The first kappa shape index (κ1) is 23.8. The third-order valence-corrected chi connectivity index (χ3v) is 5.95. The summed E-state index contributed by atoms with van der Waals surface area (Å²) in [6.45, 7) is 5.80. The number of rotatable bonds is 9. The van der Waals surface area contributed by atoms with Crippen molar-refractivity contribution in [2.45, 2.75) is 58.4 Å². The number of phosphoric ester groups is 1. The van der Waals surface area contributed by atoms with E-state index in [0.717, 1.165) is 35.4 Å². The van der Waals surface area contributed by atoms with Gasteiger partial charge in [-0.3, -0.25) is 4.52 Å². The van der Waals surface area contributed by atoms with E-state index in [9.17, 15) is 4.57 Å². The van der Waals surface area contributed by atoms with Crippen LogP contribution in [-0.2, 0) is 21.9 Å². The van der Waals surface area contributed by atoms with Gasteiger partial charge in [0.1, 0.15) is 0 Å². The SMILES string of the molecule is Cc1cc(C)cc(CCCC#Cc2ccc(CCC(C)(N)COP(=O)(O)O)s2)c1. The van der Waals surface area contributed by atoms with Gasteiger partial charge < -0.3 is 15.5 Å². The van der Waals surface area contributed by atoms with Crippen LogP contribution in [0, 0.1) is 25.7 Å². The zero-order chi connectivity index (χ0) is 21.5.